The van der Waals surface area contributed by atoms with E-state index in [1.165, 1.54) is 12.1 Å². The third-order valence-corrected chi connectivity index (χ3v) is 4.29. The number of nitrogens with one attached hydrogen (secondary N) is 2. The summed E-state index contributed by atoms with van der Waals surface area (Å²) in [6.07, 6.45) is -1.60. The van der Waals surface area contributed by atoms with Crippen molar-refractivity contribution in [3.8, 4) is 11.6 Å². The number of aliphatic imine (C=N–C) groups is 1. The van der Waals surface area contributed by atoms with Crippen LogP contribution in [0.5, 0.6) is 0 Å². The highest BCUT2D eigenvalue weighted by atomic mass is 127. The molecular weight excluding hydrogens is 536 g/mol. The lowest BCUT2D eigenvalue weighted by atomic mass is 10.1. The van der Waals surface area contributed by atoms with E-state index >= 15 is 0 Å². The van der Waals surface area contributed by atoms with E-state index in [2.05, 4.69) is 30.8 Å². The van der Waals surface area contributed by atoms with Gasteiger partial charge in [-0.05, 0) is 43.2 Å². The van der Waals surface area contributed by atoms with Crippen LogP contribution in [-0.2, 0) is 19.0 Å². The Morgan fingerprint density at radius 1 is 1.06 bits per heavy atom. The Morgan fingerprint density at radius 3 is 2.50 bits per heavy atom. The third kappa shape index (κ3) is 7.77. The Morgan fingerprint density at radius 2 is 1.84 bits per heavy atom. The zero-order valence-electron chi connectivity index (χ0n) is 17.4. The van der Waals surface area contributed by atoms with Crippen LogP contribution in [0, 0.1) is 0 Å². The van der Waals surface area contributed by atoms with Gasteiger partial charge in [-0.1, -0.05) is 23.4 Å². The lowest BCUT2D eigenvalue weighted by Crippen LogP contribution is -2.38. The highest BCUT2D eigenvalue weighted by molar-refractivity contribution is 14.0. The fraction of sp³-hybridized carbons (Fsp3) is 0.333. The molecular formula is C21H24F3IN6O. The highest BCUT2D eigenvalue weighted by Gasteiger charge is 2.29. The van der Waals surface area contributed by atoms with Gasteiger partial charge in [0, 0.05) is 32.3 Å². The van der Waals surface area contributed by atoms with Crippen LogP contribution in [0.25, 0.3) is 11.6 Å². The Bertz CT molecular complexity index is 977. The van der Waals surface area contributed by atoms with Crippen LogP contribution in [0.2, 0.25) is 0 Å². The summed E-state index contributed by atoms with van der Waals surface area (Å²) < 4.78 is 43.1. The minimum Gasteiger partial charge on any atom is -0.357 e. The standard InChI is InChI=1S/C21H23F3N6O.HI/c1-2-25-20(27-13-10-15-6-8-16(9-7-15)21(22,23)24)28-14-11-18-29-19(31-30-18)17-5-3-4-12-26-17;/h3-9,12H,2,10-11,13-14H2,1H3,(H2,25,27,28);1H. The number of benzene rings is 1. The number of alkyl halides is 3. The number of nitrogens with zero attached hydrogens (tertiary/aromatic N) is 4. The summed E-state index contributed by atoms with van der Waals surface area (Å²) in [6.45, 7) is 3.60. The first-order chi connectivity index (χ1) is 15.0. The molecule has 2 aromatic heterocycles. The van der Waals surface area contributed by atoms with Gasteiger partial charge in [-0.15, -0.1) is 24.0 Å². The van der Waals surface area contributed by atoms with Crippen LogP contribution >= 0.6 is 24.0 Å². The molecule has 0 atom stereocenters. The van der Waals surface area contributed by atoms with Gasteiger partial charge in [0.2, 0.25) is 0 Å². The summed E-state index contributed by atoms with van der Waals surface area (Å²) in [5.41, 5.74) is 0.778. The first-order valence-corrected chi connectivity index (χ1v) is 9.88. The van der Waals surface area contributed by atoms with Gasteiger partial charge in [-0.3, -0.25) is 9.98 Å². The van der Waals surface area contributed by atoms with Gasteiger partial charge in [0.05, 0.1) is 5.56 Å². The Hall–Kier alpha value is -2.70. The van der Waals surface area contributed by atoms with E-state index in [-0.39, 0.29) is 24.0 Å². The van der Waals surface area contributed by atoms with E-state index in [9.17, 15) is 13.2 Å². The molecule has 0 aliphatic heterocycles. The van der Waals surface area contributed by atoms with Crippen LogP contribution in [0.3, 0.4) is 0 Å². The second kappa shape index (κ2) is 12.4. The van der Waals surface area contributed by atoms with Crippen molar-refractivity contribution in [1.29, 1.82) is 0 Å². The molecule has 7 nitrogen and oxygen atoms in total. The van der Waals surface area contributed by atoms with Crippen LogP contribution in [0.4, 0.5) is 13.2 Å². The van der Waals surface area contributed by atoms with Crippen LogP contribution in [0.1, 0.15) is 23.9 Å². The van der Waals surface area contributed by atoms with E-state index in [0.717, 1.165) is 17.7 Å². The molecule has 1 aromatic carbocycles. The van der Waals surface area contributed by atoms with Crippen molar-refractivity contribution in [3.05, 3.63) is 65.6 Å². The smallest absolute Gasteiger partial charge is 0.357 e. The van der Waals surface area contributed by atoms with E-state index in [1.807, 2.05) is 19.1 Å². The quantitative estimate of drug-likeness (QED) is 0.245. The van der Waals surface area contributed by atoms with Gasteiger partial charge < -0.3 is 15.2 Å². The molecule has 0 fully saturated rings. The molecule has 2 N–H and O–H groups in total. The molecule has 0 bridgehead atoms. The normalized spacial score (nSPS) is 11.7. The van der Waals surface area contributed by atoms with Crippen molar-refractivity contribution in [2.45, 2.75) is 25.9 Å². The van der Waals surface area contributed by atoms with Gasteiger partial charge in [-0.25, -0.2) is 0 Å². The average Bonchev–Trinajstić information content (AvgIpc) is 3.23. The zero-order chi connectivity index (χ0) is 22.1. The van der Waals surface area contributed by atoms with Crippen molar-refractivity contribution < 1.29 is 17.7 Å². The summed E-state index contributed by atoms with van der Waals surface area (Å²) in [7, 11) is 0. The molecule has 0 aliphatic carbocycles. The molecule has 0 amide bonds. The summed E-state index contributed by atoms with van der Waals surface area (Å²) >= 11 is 0. The summed E-state index contributed by atoms with van der Waals surface area (Å²) in [5.74, 6) is 1.51. The maximum atomic E-state index is 12.6. The van der Waals surface area contributed by atoms with Gasteiger partial charge in [-0.2, -0.15) is 18.2 Å². The predicted molar refractivity (Wildman–Crippen MR) is 126 cm³/mol. The van der Waals surface area contributed by atoms with E-state index < -0.39 is 11.7 Å². The molecule has 3 rings (SSSR count). The molecule has 0 radical (unpaired) electrons. The predicted octanol–water partition coefficient (Wildman–Crippen LogP) is 4.11. The highest BCUT2D eigenvalue weighted by Crippen LogP contribution is 2.29. The number of pyridine rings is 1. The number of halogens is 4. The van der Waals surface area contributed by atoms with Gasteiger partial charge in [0.25, 0.3) is 5.89 Å². The topological polar surface area (TPSA) is 88.2 Å². The van der Waals surface area contributed by atoms with E-state index in [0.29, 0.717) is 55.8 Å². The van der Waals surface area contributed by atoms with E-state index in [4.69, 9.17) is 4.52 Å². The molecule has 172 valence electrons. The summed E-state index contributed by atoms with van der Waals surface area (Å²) in [4.78, 5) is 13.0. The van der Waals surface area contributed by atoms with Crippen LogP contribution in [0.15, 0.2) is 58.2 Å². The number of guanidine groups is 1. The molecule has 0 spiro atoms. The maximum Gasteiger partial charge on any atom is 0.416 e. The number of aromatic nitrogens is 3. The third-order valence-electron chi connectivity index (χ3n) is 4.29. The lowest BCUT2D eigenvalue weighted by Gasteiger charge is -2.11. The Kier molecular flexibility index (Phi) is 9.88. The monoisotopic (exact) mass is 560 g/mol. The van der Waals surface area contributed by atoms with Gasteiger partial charge >= 0.3 is 6.18 Å². The largest absolute Gasteiger partial charge is 0.416 e. The molecule has 0 unspecified atom stereocenters. The first kappa shape index (κ1) is 25.6. The molecule has 2 heterocycles. The SMILES string of the molecule is CCNC(=NCCc1noc(-c2ccccn2)n1)NCCc1ccc(C(F)(F)F)cc1.I. The molecule has 0 saturated carbocycles. The zero-order valence-corrected chi connectivity index (χ0v) is 19.7. The maximum absolute atomic E-state index is 12.6. The van der Waals surface area contributed by atoms with Gasteiger partial charge in [0.1, 0.15) is 5.69 Å². The van der Waals surface area contributed by atoms with Gasteiger partial charge in [0.15, 0.2) is 11.8 Å². The number of rotatable bonds is 8. The van der Waals surface area contributed by atoms with Crippen LogP contribution in [-0.4, -0.2) is 40.7 Å². The number of hydrogen-bond donors (Lipinski definition) is 2. The number of hydrogen-bond acceptors (Lipinski definition) is 5. The van der Waals surface area contributed by atoms with Crippen molar-refractivity contribution in [3.63, 3.8) is 0 Å². The van der Waals surface area contributed by atoms with Crippen molar-refractivity contribution in [2.75, 3.05) is 19.6 Å². The minimum atomic E-state index is -4.32. The Balaban J connectivity index is 0.00000363. The van der Waals surface area contributed by atoms with E-state index in [1.54, 1.807) is 12.3 Å². The molecule has 32 heavy (non-hydrogen) atoms. The summed E-state index contributed by atoms with van der Waals surface area (Å²) in [5, 5.41) is 10.3. The minimum absolute atomic E-state index is 0. The van der Waals surface area contributed by atoms with Crippen molar-refractivity contribution in [1.82, 2.24) is 25.8 Å². The summed E-state index contributed by atoms with van der Waals surface area (Å²) in [6, 6.07) is 10.6. The second-order valence-corrected chi connectivity index (χ2v) is 6.61. The van der Waals surface area contributed by atoms with Crippen molar-refractivity contribution >= 4 is 29.9 Å². The average molecular weight is 560 g/mol. The Labute approximate surface area is 201 Å². The fourth-order valence-corrected chi connectivity index (χ4v) is 2.74. The van der Waals surface area contributed by atoms with Crippen LogP contribution < -0.4 is 10.6 Å². The first-order valence-electron chi connectivity index (χ1n) is 9.88. The second-order valence-electron chi connectivity index (χ2n) is 6.61. The molecule has 3 aromatic rings. The fourth-order valence-electron chi connectivity index (χ4n) is 2.74. The lowest BCUT2D eigenvalue weighted by molar-refractivity contribution is -0.137. The molecule has 0 aliphatic rings. The molecule has 11 heteroatoms. The molecule has 0 saturated heterocycles. The van der Waals surface area contributed by atoms with Crippen molar-refractivity contribution in [2.24, 2.45) is 4.99 Å².